The van der Waals surface area contributed by atoms with Gasteiger partial charge in [0, 0.05) is 4.47 Å². The van der Waals surface area contributed by atoms with Crippen LogP contribution in [0.25, 0.3) is 0 Å². The van der Waals surface area contributed by atoms with Crippen LogP contribution in [-0.2, 0) is 4.84 Å². The Morgan fingerprint density at radius 1 is 1.62 bits per heavy atom. The molecule has 0 fully saturated rings. The van der Waals surface area contributed by atoms with Crippen molar-refractivity contribution in [3.63, 3.8) is 0 Å². The van der Waals surface area contributed by atoms with Crippen LogP contribution in [-0.4, -0.2) is 13.0 Å². The van der Waals surface area contributed by atoms with Crippen molar-refractivity contribution in [1.82, 2.24) is 5.48 Å². The van der Waals surface area contributed by atoms with E-state index in [2.05, 4.69) is 20.8 Å². The van der Waals surface area contributed by atoms with Crippen LogP contribution in [0.1, 0.15) is 10.4 Å². The third kappa shape index (κ3) is 2.50. The van der Waals surface area contributed by atoms with Gasteiger partial charge in [-0.3, -0.25) is 9.63 Å². The summed E-state index contributed by atoms with van der Waals surface area (Å²) in [7, 11) is 1.29. The molecule has 0 atom stereocenters. The molecule has 1 N–H and O–H groups in total. The fraction of sp³-hybridized carbons (Fsp3) is 0.125. The van der Waals surface area contributed by atoms with Gasteiger partial charge < -0.3 is 0 Å². The molecule has 0 saturated carbocycles. The smallest absolute Gasteiger partial charge is 0.277 e. The maximum atomic E-state index is 13.1. The molecule has 70 valence electrons. The van der Waals surface area contributed by atoms with Gasteiger partial charge in [-0.15, -0.1) is 0 Å². The van der Waals surface area contributed by atoms with E-state index < -0.39 is 11.7 Å². The number of halogens is 2. The zero-order valence-corrected chi connectivity index (χ0v) is 8.39. The Kier molecular flexibility index (Phi) is 3.39. The molecule has 1 aromatic carbocycles. The van der Waals surface area contributed by atoms with E-state index in [-0.39, 0.29) is 5.56 Å². The first kappa shape index (κ1) is 10.1. The van der Waals surface area contributed by atoms with Gasteiger partial charge in [-0.25, -0.2) is 9.87 Å². The Bertz CT molecular complexity index is 330. The summed E-state index contributed by atoms with van der Waals surface area (Å²) in [6.45, 7) is 0. The van der Waals surface area contributed by atoms with Crippen molar-refractivity contribution in [2.75, 3.05) is 7.11 Å². The van der Waals surface area contributed by atoms with Crippen LogP contribution in [0.3, 0.4) is 0 Å². The molecule has 1 amide bonds. The van der Waals surface area contributed by atoms with E-state index in [9.17, 15) is 9.18 Å². The summed E-state index contributed by atoms with van der Waals surface area (Å²) in [5, 5.41) is 0. The highest BCUT2D eigenvalue weighted by molar-refractivity contribution is 9.10. The fourth-order valence-corrected chi connectivity index (χ4v) is 1.15. The van der Waals surface area contributed by atoms with E-state index in [1.54, 1.807) is 6.07 Å². The lowest BCUT2D eigenvalue weighted by Crippen LogP contribution is -2.22. The summed E-state index contributed by atoms with van der Waals surface area (Å²) in [4.78, 5) is 15.5. The first-order valence-electron chi connectivity index (χ1n) is 3.43. The molecule has 0 unspecified atom stereocenters. The number of hydrogen-bond acceptors (Lipinski definition) is 2. The summed E-state index contributed by atoms with van der Waals surface area (Å²) in [5.74, 6) is -1.20. The van der Waals surface area contributed by atoms with Crippen LogP contribution in [0.5, 0.6) is 0 Å². The molecular weight excluding hydrogens is 241 g/mol. The summed E-state index contributed by atoms with van der Waals surface area (Å²) in [6.07, 6.45) is 0. The minimum atomic E-state index is -0.604. The van der Waals surface area contributed by atoms with Crippen molar-refractivity contribution in [3.8, 4) is 0 Å². The SMILES string of the molecule is CONC(=O)c1ccc(Br)cc1F. The zero-order valence-electron chi connectivity index (χ0n) is 6.80. The van der Waals surface area contributed by atoms with E-state index in [0.29, 0.717) is 4.47 Å². The molecule has 5 heteroatoms. The fourth-order valence-electron chi connectivity index (χ4n) is 0.821. The van der Waals surface area contributed by atoms with E-state index >= 15 is 0 Å². The maximum Gasteiger partial charge on any atom is 0.277 e. The number of hydrogen-bond donors (Lipinski definition) is 1. The van der Waals surface area contributed by atoms with E-state index in [1.807, 2.05) is 5.48 Å². The lowest BCUT2D eigenvalue weighted by atomic mass is 10.2. The normalized spacial score (nSPS) is 9.77. The number of benzene rings is 1. The average molecular weight is 248 g/mol. The quantitative estimate of drug-likeness (QED) is 0.811. The highest BCUT2D eigenvalue weighted by Crippen LogP contribution is 2.14. The van der Waals surface area contributed by atoms with Gasteiger partial charge >= 0.3 is 0 Å². The van der Waals surface area contributed by atoms with E-state index in [0.717, 1.165) is 0 Å². The van der Waals surface area contributed by atoms with Gasteiger partial charge in [0.05, 0.1) is 12.7 Å². The van der Waals surface area contributed by atoms with Crippen LogP contribution < -0.4 is 5.48 Å². The first-order valence-corrected chi connectivity index (χ1v) is 4.23. The largest absolute Gasteiger partial charge is 0.277 e. The number of hydroxylamine groups is 1. The van der Waals surface area contributed by atoms with Crippen LogP contribution in [0.4, 0.5) is 4.39 Å². The topological polar surface area (TPSA) is 38.3 Å². The standard InChI is InChI=1S/C8H7BrFNO2/c1-13-11-8(12)6-3-2-5(9)4-7(6)10/h2-4H,1H3,(H,11,12). The Labute approximate surface area is 83.0 Å². The van der Waals surface area contributed by atoms with Crippen LogP contribution in [0.2, 0.25) is 0 Å². The Hall–Kier alpha value is -0.940. The van der Waals surface area contributed by atoms with Gasteiger partial charge in [-0.1, -0.05) is 15.9 Å². The minimum Gasteiger partial charge on any atom is -0.277 e. The van der Waals surface area contributed by atoms with E-state index in [1.165, 1.54) is 19.2 Å². The average Bonchev–Trinajstić information content (AvgIpc) is 2.04. The number of amides is 1. The molecule has 0 bridgehead atoms. The van der Waals surface area contributed by atoms with Crippen molar-refractivity contribution >= 4 is 21.8 Å². The number of carbonyl (C=O) groups excluding carboxylic acids is 1. The van der Waals surface area contributed by atoms with Crippen LogP contribution in [0, 0.1) is 5.82 Å². The van der Waals surface area contributed by atoms with Gasteiger partial charge in [0.25, 0.3) is 5.91 Å². The van der Waals surface area contributed by atoms with Crippen LogP contribution in [0.15, 0.2) is 22.7 Å². The second-order valence-corrected chi connectivity index (χ2v) is 3.18. The molecule has 0 heterocycles. The van der Waals surface area contributed by atoms with Gasteiger partial charge in [0.15, 0.2) is 0 Å². The van der Waals surface area contributed by atoms with Gasteiger partial charge in [-0.05, 0) is 18.2 Å². The number of nitrogens with one attached hydrogen (secondary N) is 1. The van der Waals surface area contributed by atoms with Gasteiger partial charge in [-0.2, -0.15) is 0 Å². The van der Waals surface area contributed by atoms with Crippen molar-refractivity contribution in [1.29, 1.82) is 0 Å². The first-order chi connectivity index (χ1) is 6.15. The number of rotatable bonds is 2. The second kappa shape index (κ2) is 4.34. The summed E-state index contributed by atoms with van der Waals surface area (Å²) in [5.41, 5.74) is 1.98. The second-order valence-electron chi connectivity index (χ2n) is 2.26. The molecule has 0 aliphatic rings. The van der Waals surface area contributed by atoms with Crippen molar-refractivity contribution in [2.45, 2.75) is 0 Å². The molecule has 3 nitrogen and oxygen atoms in total. The Morgan fingerprint density at radius 3 is 2.85 bits per heavy atom. The molecule has 1 aromatic rings. The minimum absolute atomic E-state index is 0.0509. The molecule has 0 aliphatic carbocycles. The highest BCUT2D eigenvalue weighted by atomic mass is 79.9. The van der Waals surface area contributed by atoms with E-state index in [4.69, 9.17) is 0 Å². The van der Waals surface area contributed by atoms with Crippen molar-refractivity contribution in [3.05, 3.63) is 34.1 Å². The molecular formula is C8H7BrFNO2. The monoisotopic (exact) mass is 247 g/mol. The predicted molar refractivity (Wildman–Crippen MR) is 48.6 cm³/mol. The lowest BCUT2D eigenvalue weighted by Gasteiger charge is -2.02. The lowest BCUT2D eigenvalue weighted by molar-refractivity contribution is 0.0533. The summed E-state index contributed by atoms with van der Waals surface area (Å²) in [6, 6.07) is 4.16. The van der Waals surface area contributed by atoms with Gasteiger partial charge in [0.2, 0.25) is 0 Å². The molecule has 0 aliphatic heterocycles. The molecule has 0 aromatic heterocycles. The summed E-state index contributed by atoms with van der Waals surface area (Å²) < 4.78 is 13.7. The third-order valence-electron chi connectivity index (χ3n) is 1.37. The number of carbonyl (C=O) groups is 1. The molecule has 1 rings (SSSR count). The molecule has 0 saturated heterocycles. The van der Waals surface area contributed by atoms with Crippen LogP contribution >= 0.6 is 15.9 Å². The Balaban J connectivity index is 2.95. The third-order valence-corrected chi connectivity index (χ3v) is 1.86. The van der Waals surface area contributed by atoms with Gasteiger partial charge in [0.1, 0.15) is 5.82 Å². The molecule has 0 radical (unpaired) electrons. The van der Waals surface area contributed by atoms with Crippen molar-refractivity contribution < 1.29 is 14.0 Å². The maximum absolute atomic E-state index is 13.1. The highest BCUT2D eigenvalue weighted by Gasteiger charge is 2.10. The van der Waals surface area contributed by atoms with Crippen molar-refractivity contribution in [2.24, 2.45) is 0 Å². The Morgan fingerprint density at radius 2 is 2.31 bits per heavy atom. The zero-order chi connectivity index (χ0) is 9.84. The molecule has 13 heavy (non-hydrogen) atoms. The molecule has 0 spiro atoms. The summed E-state index contributed by atoms with van der Waals surface area (Å²) >= 11 is 3.08. The predicted octanol–water partition coefficient (Wildman–Crippen LogP) is 1.88.